The quantitative estimate of drug-likeness (QED) is 0.769. The molecule has 0 saturated carbocycles. The number of sulfone groups is 1. The molecule has 6 nitrogen and oxygen atoms in total. The molecule has 0 atom stereocenters. The van der Waals surface area contributed by atoms with Crippen LogP contribution in [0.1, 0.15) is 13.8 Å². The van der Waals surface area contributed by atoms with Gasteiger partial charge >= 0.3 is 0 Å². The Morgan fingerprint density at radius 2 is 1.88 bits per heavy atom. The van der Waals surface area contributed by atoms with E-state index in [-0.39, 0.29) is 43.0 Å². The summed E-state index contributed by atoms with van der Waals surface area (Å²) in [5.41, 5.74) is 1.60. The van der Waals surface area contributed by atoms with Gasteiger partial charge in [0.05, 0.1) is 17.2 Å². The van der Waals surface area contributed by atoms with E-state index in [9.17, 15) is 17.6 Å². The fraction of sp³-hybridized carbons (Fsp3) is 0.444. The molecule has 1 aliphatic heterocycles. The fourth-order valence-corrected chi connectivity index (χ4v) is 4.97. The molecule has 0 N–H and O–H groups in total. The van der Waals surface area contributed by atoms with E-state index in [1.807, 2.05) is 13.8 Å². The van der Waals surface area contributed by atoms with Gasteiger partial charge in [-0.25, -0.2) is 12.8 Å². The van der Waals surface area contributed by atoms with Crippen LogP contribution >= 0.6 is 0 Å². The molecular formula is C18H22FN3O3S. The van der Waals surface area contributed by atoms with Gasteiger partial charge in [0.2, 0.25) is 5.91 Å². The highest BCUT2D eigenvalue weighted by Crippen LogP contribution is 2.21. The number of likely N-dealkylation sites (tertiary alicyclic amines) is 1. The molecule has 0 unspecified atom stereocenters. The molecule has 0 radical (unpaired) electrons. The Morgan fingerprint density at radius 3 is 2.50 bits per heavy atom. The lowest BCUT2D eigenvalue weighted by atomic mass is 10.1. The first kappa shape index (κ1) is 18.6. The number of carbonyl (C=O) groups excluding carboxylic acids is 1. The molecule has 8 heteroatoms. The highest BCUT2D eigenvalue weighted by Gasteiger charge is 2.39. The number of hydrogen-bond acceptors (Lipinski definition) is 4. The smallest absolute Gasteiger partial charge is 0.244 e. The topological polar surface area (TPSA) is 72.3 Å². The van der Waals surface area contributed by atoms with E-state index >= 15 is 0 Å². The molecule has 1 fully saturated rings. The molecule has 0 spiro atoms. The number of benzene rings is 1. The monoisotopic (exact) mass is 379 g/mol. The van der Waals surface area contributed by atoms with Gasteiger partial charge in [-0.15, -0.1) is 0 Å². The van der Waals surface area contributed by atoms with E-state index in [0.29, 0.717) is 0 Å². The normalized spacial score (nSPS) is 15.3. The lowest BCUT2D eigenvalue weighted by Gasteiger charge is -2.38. The average Bonchev–Trinajstić information content (AvgIpc) is 2.93. The van der Waals surface area contributed by atoms with Crippen LogP contribution in [0.4, 0.5) is 4.39 Å². The molecule has 0 aliphatic carbocycles. The zero-order valence-corrected chi connectivity index (χ0v) is 15.6. The van der Waals surface area contributed by atoms with Gasteiger partial charge in [0.15, 0.2) is 9.84 Å². The minimum absolute atomic E-state index is 0.0537. The van der Waals surface area contributed by atoms with E-state index in [4.69, 9.17) is 0 Å². The summed E-state index contributed by atoms with van der Waals surface area (Å²) in [6.45, 7) is 4.29. The maximum atomic E-state index is 13.0. The van der Waals surface area contributed by atoms with Crippen molar-refractivity contribution in [2.45, 2.75) is 25.6 Å². The van der Waals surface area contributed by atoms with Crippen LogP contribution in [0.3, 0.4) is 0 Å². The van der Waals surface area contributed by atoms with E-state index in [0.717, 1.165) is 11.1 Å². The summed E-state index contributed by atoms with van der Waals surface area (Å²) in [7, 11) is -3.14. The predicted molar refractivity (Wildman–Crippen MR) is 96.6 cm³/mol. The zero-order chi connectivity index (χ0) is 18.9. The van der Waals surface area contributed by atoms with Crippen LogP contribution in [0.2, 0.25) is 0 Å². The van der Waals surface area contributed by atoms with Gasteiger partial charge in [0, 0.05) is 24.8 Å². The third kappa shape index (κ3) is 4.12. The minimum Gasteiger partial charge on any atom is -0.338 e. The summed E-state index contributed by atoms with van der Waals surface area (Å²) < 4.78 is 38.8. The summed E-state index contributed by atoms with van der Waals surface area (Å²) in [5.74, 6) is -0.232. The van der Waals surface area contributed by atoms with Gasteiger partial charge in [0.1, 0.15) is 12.4 Å². The first-order valence-corrected chi connectivity index (χ1v) is 10.2. The Labute approximate surface area is 152 Å². The van der Waals surface area contributed by atoms with Gasteiger partial charge in [-0.05, 0) is 23.6 Å². The van der Waals surface area contributed by atoms with Crippen molar-refractivity contribution in [3.63, 3.8) is 0 Å². The maximum absolute atomic E-state index is 13.0. The van der Waals surface area contributed by atoms with E-state index < -0.39 is 15.1 Å². The van der Waals surface area contributed by atoms with Crippen molar-refractivity contribution in [3.05, 3.63) is 42.5 Å². The maximum Gasteiger partial charge on any atom is 0.244 e. The Balaban J connectivity index is 1.56. The van der Waals surface area contributed by atoms with Gasteiger partial charge < -0.3 is 4.90 Å². The molecule has 3 rings (SSSR count). The highest BCUT2D eigenvalue weighted by molar-refractivity contribution is 7.92. The van der Waals surface area contributed by atoms with Crippen molar-refractivity contribution >= 4 is 15.7 Å². The van der Waals surface area contributed by atoms with Crippen LogP contribution in [-0.4, -0.2) is 53.1 Å². The number of aromatic nitrogens is 2. The fourth-order valence-electron chi connectivity index (χ4n) is 2.95. The number of amides is 1. The SMILES string of the molecule is CC(C)CS(=O)(=O)C1CN(C(=O)Cn2cc(-c3ccc(F)cc3)cn2)C1. The minimum atomic E-state index is -3.14. The summed E-state index contributed by atoms with van der Waals surface area (Å²) in [5, 5.41) is 3.70. The third-order valence-electron chi connectivity index (χ3n) is 4.38. The van der Waals surface area contributed by atoms with E-state index in [1.54, 1.807) is 29.4 Å². The molecule has 1 saturated heterocycles. The lowest BCUT2D eigenvalue weighted by molar-refractivity contribution is -0.135. The third-order valence-corrected chi connectivity index (χ3v) is 6.83. The molecule has 2 heterocycles. The van der Waals surface area contributed by atoms with Crippen molar-refractivity contribution in [2.24, 2.45) is 5.92 Å². The number of carbonyl (C=O) groups is 1. The molecule has 2 aromatic rings. The summed E-state index contributed by atoms with van der Waals surface area (Å²) >= 11 is 0. The van der Waals surface area contributed by atoms with Crippen LogP contribution < -0.4 is 0 Å². The second kappa shape index (κ2) is 7.19. The van der Waals surface area contributed by atoms with Gasteiger partial charge in [-0.2, -0.15) is 5.10 Å². The standard InChI is InChI=1S/C18H22FN3O3S/c1-13(2)12-26(24,25)17-9-21(10-17)18(23)11-22-8-15(7-20-22)14-3-5-16(19)6-4-14/h3-8,13,17H,9-12H2,1-2H3. The van der Waals surface area contributed by atoms with Crippen LogP contribution in [-0.2, 0) is 21.2 Å². The van der Waals surface area contributed by atoms with E-state index in [2.05, 4.69) is 5.10 Å². The van der Waals surface area contributed by atoms with Crippen LogP contribution in [0.25, 0.3) is 11.1 Å². The molecule has 1 aliphatic rings. The highest BCUT2D eigenvalue weighted by atomic mass is 32.2. The van der Waals surface area contributed by atoms with Crippen LogP contribution in [0, 0.1) is 11.7 Å². The number of rotatable bonds is 6. The Kier molecular flexibility index (Phi) is 5.13. The zero-order valence-electron chi connectivity index (χ0n) is 14.8. The molecule has 0 bridgehead atoms. The van der Waals surface area contributed by atoms with Crippen molar-refractivity contribution in [1.82, 2.24) is 14.7 Å². The van der Waals surface area contributed by atoms with Gasteiger partial charge in [-0.1, -0.05) is 26.0 Å². The molecule has 140 valence electrons. The summed E-state index contributed by atoms with van der Waals surface area (Å²) in [4.78, 5) is 13.8. The predicted octanol–water partition coefficient (Wildman–Crippen LogP) is 1.97. The number of halogens is 1. The van der Waals surface area contributed by atoms with Crippen molar-refractivity contribution in [1.29, 1.82) is 0 Å². The van der Waals surface area contributed by atoms with Gasteiger partial charge in [-0.3, -0.25) is 9.48 Å². The number of nitrogens with zero attached hydrogens (tertiary/aromatic N) is 3. The lowest BCUT2D eigenvalue weighted by Crippen LogP contribution is -2.58. The first-order valence-electron chi connectivity index (χ1n) is 8.52. The van der Waals surface area contributed by atoms with Crippen LogP contribution in [0.5, 0.6) is 0 Å². The largest absolute Gasteiger partial charge is 0.338 e. The Hall–Kier alpha value is -2.22. The molecule has 26 heavy (non-hydrogen) atoms. The summed E-state index contributed by atoms with van der Waals surface area (Å²) in [6, 6.07) is 6.04. The summed E-state index contributed by atoms with van der Waals surface area (Å²) in [6.07, 6.45) is 3.34. The Bertz CT molecular complexity index is 885. The first-order chi connectivity index (χ1) is 12.2. The second-order valence-electron chi connectivity index (χ2n) is 7.08. The Morgan fingerprint density at radius 1 is 1.23 bits per heavy atom. The van der Waals surface area contributed by atoms with Crippen molar-refractivity contribution in [3.8, 4) is 11.1 Å². The van der Waals surface area contributed by atoms with Gasteiger partial charge in [0.25, 0.3) is 0 Å². The van der Waals surface area contributed by atoms with Crippen LogP contribution in [0.15, 0.2) is 36.7 Å². The number of hydrogen-bond donors (Lipinski definition) is 0. The molecule has 1 aromatic heterocycles. The molecule has 1 amide bonds. The van der Waals surface area contributed by atoms with E-state index in [1.165, 1.54) is 16.8 Å². The van der Waals surface area contributed by atoms with Crippen molar-refractivity contribution < 1.29 is 17.6 Å². The molecular weight excluding hydrogens is 357 g/mol. The second-order valence-corrected chi connectivity index (χ2v) is 9.40. The molecule has 1 aromatic carbocycles. The average molecular weight is 379 g/mol. The van der Waals surface area contributed by atoms with Crippen molar-refractivity contribution in [2.75, 3.05) is 18.8 Å².